The van der Waals surface area contributed by atoms with Crippen LogP contribution >= 0.6 is 0 Å². The second kappa shape index (κ2) is 8.48. The molecule has 0 bridgehead atoms. The maximum Gasteiger partial charge on any atom is 0.223 e. The van der Waals surface area contributed by atoms with Gasteiger partial charge in [0, 0.05) is 26.1 Å². The van der Waals surface area contributed by atoms with Crippen molar-refractivity contribution >= 4 is 5.91 Å². The second-order valence-electron chi connectivity index (χ2n) is 3.77. The summed E-state index contributed by atoms with van der Waals surface area (Å²) < 4.78 is 0. The molecule has 3 heteroatoms. The molecule has 0 aliphatic carbocycles. The highest BCUT2D eigenvalue weighted by molar-refractivity contribution is 5.76. The molecule has 1 amide bonds. The first-order valence-electron chi connectivity index (χ1n) is 5.74. The zero-order valence-electron chi connectivity index (χ0n) is 10.3. The molecule has 0 aromatic carbocycles. The highest BCUT2D eigenvalue weighted by Crippen LogP contribution is 1.94. The molecule has 3 nitrogen and oxygen atoms in total. The number of hydrogen-bond acceptors (Lipinski definition) is 2. The maximum atomic E-state index is 11.6. The molecular formula is C12H24N2O. The van der Waals surface area contributed by atoms with E-state index in [0.29, 0.717) is 6.42 Å². The Bertz CT molecular complexity index is 198. The van der Waals surface area contributed by atoms with Crippen molar-refractivity contribution in [1.82, 2.24) is 10.2 Å². The summed E-state index contributed by atoms with van der Waals surface area (Å²) in [5.74, 6) is 0.239. The van der Waals surface area contributed by atoms with E-state index in [9.17, 15) is 4.79 Å². The van der Waals surface area contributed by atoms with E-state index in [4.69, 9.17) is 0 Å². The SMILES string of the molecule is C=C(C)CCNCCC(=O)N(CC)CC. The van der Waals surface area contributed by atoms with Crippen molar-refractivity contribution in [3.05, 3.63) is 12.2 Å². The normalized spacial score (nSPS) is 10.1. The van der Waals surface area contributed by atoms with Gasteiger partial charge >= 0.3 is 0 Å². The Balaban J connectivity index is 3.50. The minimum atomic E-state index is 0.239. The summed E-state index contributed by atoms with van der Waals surface area (Å²) in [6.07, 6.45) is 1.58. The fourth-order valence-electron chi connectivity index (χ4n) is 1.36. The number of hydrogen-bond donors (Lipinski definition) is 1. The molecule has 0 aliphatic heterocycles. The molecule has 0 radical (unpaired) electrons. The maximum absolute atomic E-state index is 11.6. The van der Waals surface area contributed by atoms with Crippen LogP contribution in [0.2, 0.25) is 0 Å². The lowest BCUT2D eigenvalue weighted by Gasteiger charge is -2.18. The third kappa shape index (κ3) is 7.14. The highest BCUT2D eigenvalue weighted by Gasteiger charge is 2.07. The first-order chi connectivity index (χ1) is 7.11. The van der Waals surface area contributed by atoms with Crippen molar-refractivity contribution in [2.75, 3.05) is 26.2 Å². The molecule has 0 aliphatic rings. The number of carbonyl (C=O) groups excluding carboxylic acids is 1. The van der Waals surface area contributed by atoms with Gasteiger partial charge < -0.3 is 10.2 Å². The second-order valence-corrected chi connectivity index (χ2v) is 3.77. The fourth-order valence-corrected chi connectivity index (χ4v) is 1.36. The van der Waals surface area contributed by atoms with Gasteiger partial charge in [-0.3, -0.25) is 4.79 Å². The van der Waals surface area contributed by atoms with Crippen LogP contribution in [0.15, 0.2) is 12.2 Å². The fraction of sp³-hybridized carbons (Fsp3) is 0.750. The number of nitrogens with zero attached hydrogens (tertiary/aromatic N) is 1. The van der Waals surface area contributed by atoms with E-state index in [0.717, 1.165) is 32.6 Å². The largest absolute Gasteiger partial charge is 0.343 e. The molecule has 0 unspecified atom stereocenters. The molecule has 0 heterocycles. The smallest absolute Gasteiger partial charge is 0.223 e. The summed E-state index contributed by atoms with van der Waals surface area (Å²) in [4.78, 5) is 13.4. The number of carbonyl (C=O) groups is 1. The molecule has 88 valence electrons. The van der Waals surface area contributed by atoms with Gasteiger partial charge in [-0.1, -0.05) is 5.57 Å². The van der Waals surface area contributed by atoms with Crippen molar-refractivity contribution < 1.29 is 4.79 Å². The molecule has 1 N–H and O–H groups in total. The summed E-state index contributed by atoms with van der Waals surface area (Å²) >= 11 is 0. The Hall–Kier alpha value is -0.830. The molecule has 15 heavy (non-hydrogen) atoms. The van der Waals surface area contributed by atoms with Crippen LogP contribution in [0.3, 0.4) is 0 Å². The van der Waals surface area contributed by atoms with Crippen LogP contribution in [0, 0.1) is 0 Å². The van der Waals surface area contributed by atoms with Gasteiger partial charge in [0.25, 0.3) is 0 Å². The first-order valence-corrected chi connectivity index (χ1v) is 5.74. The summed E-state index contributed by atoms with van der Waals surface area (Å²) in [6, 6.07) is 0. The molecule has 0 fully saturated rings. The summed E-state index contributed by atoms with van der Waals surface area (Å²) in [6.45, 7) is 13.2. The predicted octanol–water partition coefficient (Wildman–Crippen LogP) is 1.80. The Labute approximate surface area is 93.5 Å². The molecule has 0 saturated carbocycles. The summed E-state index contributed by atoms with van der Waals surface area (Å²) in [5, 5.41) is 3.24. The Morgan fingerprint density at radius 2 is 1.73 bits per heavy atom. The summed E-state index contributed by atoms with van der Waals surface area (Å²) in [5.41, 5.74) is 1.18. The Kier molecular flexibility index (Phi) is 8.01. The van der Waals surface area contributed by atoms with E-state index in [2.05, 4.69) is 11.9 Å². The predicted molar refractivity (Wildman–Crippen MR) is 64.8 cm³/mol. The number of amides is 1. The average Bonchev–Trinajstić information content (AvgIpc) is 2.18. The molecular weight excluding hydrogens is 188 g/mol. The zero-order chi connectivity index (χ0) is 11.7. The van der Waals surface area contributed by atoms with Crippen molar-refractivity contribution in [1.29, 1.82) is 0 Å². The van der Waals surface area contributed by atoms with E-state index in [-0.39, 0.29) is 5.91 Å². The first kappa shape index (κ1) is 14.2. The van der Waals surface area contributed by atoms with E-state index < -0.39 is 0 Å². The van der Waals surface area contributed by atoms with E-state index >= 15 is 0 Å². The van der Waals surface area contributed by atoms with E-state index in [1.54, 1.807) is 0 Å². The average molecular weight is 212 g/mol. The van der Waals surface area contributed by atoms with Crippen LogP contribution in [0.25, 0.3) is 0 Å². The van der Waals surface area contributed by atoms with Gasteiger partial charge in [0.2, 0.25) is 5.91 Å². The zero-order valence-corrected chi connectivity index (χ0v) is 10.3. The van der Waals surface area contributed by atoms with Crippen LogP contribution < -0.4 is 5.32 Å². The quantitative estimate of drug-likeness (QED) is 0.491. The standard InChI is InChI=1S/C12H24N2O/c1-5-14(6-2)12(15)8-10-13-9-7-11(3)4/h13H,3,5-10H2,1-2,4H3. The third-order valence-electron chi connectivity index (χ3n) is 2.36. The number of rotatable bonds is 8. The van der Waals surface area contributed by atoms with Gasteiger partial charge in [-0.05, 0) is 33.7 Å². The van der Waals surface area contributed by atoms with Crippen LogP contribution in [-0.2, 0) is 4.79 Å². The topological polar surface area (TPSA) is 32.3 Å². The lowest BCUT2D eigenvalue weighted by molar-refractivity contribution is -0.130. The highest BCUT2D eigenvalue weighted by atomic mass is 16.2. The lowest BCUT2D eigenvalue weighted by atomic mass is 10.2. The van der Waals surface area contributed by atoms with Crippen LogP contribution in [0.1, 0.15) is 33.6 Å². The van der Waals surface area contributed by atoms with Crippen molar-refractivity contribution in [2.24, 2.45) is 0 Å². The monoisotopic (exact) mass is 212 g/mol. The van der Waals surface area contributed by atoms with Crippen LogP contribution in [0.5, 0.6) is 0 Å². The summed E-state index contributed by atoms with van der Waals surface area (Å²) in [7, 11) is 0. The molecule has 0 atom stereocenters. The van der Waals surface area contributed by atoms with Gasteiger partial charge in [0.1, 0.15) is 0 Å². The van der Waals surface area contributed by atoms with E-state index in [1.165, 1.54) is 5.57 Å². The van der Waals surface area contributed by atoms with Gasteiger partial charge in [0.05, 0.1) is 0 Å². The molecule has 0 rings (SSSR count). The van der Waals surface area contributed by atoms with Crippen molar-refractivity contribution in [2.45, 2.75) is 33.6 Å². The van der Waals surface area contributed by atoms with Gasteiger partial charge in [-0.25, -0.2) is 0 Å². The van der Waals surface area contributed by atoms with Crippen LogP contribution in [0.4, 0.5) is 0 Å². The van der Waals surface area contributed by atoms with Crippen molar-refractivity contribution in [3.63, 3.8) is 0 Å². The molecule has 0 aromatic rings. The molecule has 0 aromatic heterocycles. The van der Waals surface area contributed by atoms with Gasteiger partial charge in [0.15, 0.2) is 0 Å². The van der Waals surface area contributed by atoms with Gasteiger partial charge in [-0.15, -0.1) is 6.58 Å². The molecule has 0 saturated heterocycles. The molecule has 0 spiro atoms. The van der Waals surface area contributed by atoms with E-state index in [1.807, 2.05) is 25.7 Å². The van der Waals surface area contributed by atoms with Crippen LogP contribution in [-0.4, -0.2) is 37.0 Å². The number of nitrogens with one attached hydrogen (secondary N) is 1. The van der Waals surface area contributed by atoms with Crippen molar-refractivity contribution in [3.8, 4) is 0 Å². The third-order valence-corrected chi connectivity index (χ3v) is 2.36. The Morgan fingerprint density at radius 3 is 2.20 bits per heavy atom. The minimum absolute atomic E-state index is 0.239. The lowest BCUT2D eigenvalue weighted by Crippen LogP contribution is -2.33. The Morgan fingerprint density at radius 1 is 1.20 bits per heavy atom. The minimum Gasteiger partial charge on any atom is -0.343 e. The van der Waals surface area contributed by atoms with Gasteiger partial charge in [-0.2, -0.15) is 0 Å².